The Morgan fingerprint density at radius 2 is 2.00 bits per heavy atom. The first-order chi connectivity index (χ1) is 12.0. The Balaban J connectivity index is 1.85. The van der Waals surface area contributed by atoms with Crippen molar-refractivity contribution in [1.29, 1.82) is 0 Å². The zero-order valence-corrected chi connectivity index (χ0v) is 16.5. The number of ether oxygens (including phenoxy) is 1. The molecule has 2 aromatic heterocycles. The van der Waals surface area contributed by atoms with Gasteiger partial charge in [0.25, 0.3) is 0 Å². The first-order valence-electron chi connectivity index (χ1n) is 7.86. The Hall–Kier alpha value is -1.99. The molecule has 0 amide bonds. The highest BCUT2D eigenvalue weighted by atomic mass is 79.9. The van der Waals surface area contributed by atoms with Crippen molar-refractivity contribution in [1.82, 2.24) is 9.97 Å². The SMILES string of the molecule is COC(=O)c1sc2nc(C)nc(N3Cc4ccc(Br)cc4C3)c2c1C. The van der Waals surface area contributed by atoms with Crippen molar-refractivity contribution in [2.24, 2.45) is 0 Å². The summed E-state index contributed by atoms with van der Waals surface area (Å²) < 4.78 is 5.99. The van der Waals surface area contributed by atoms with E-state index in [0.29, 0.717) is 10.7 Å². The molecule has 1 aliphatic rings. The van der Waals surface area contributed by atoms with Crippen molar-refractivity contribution < 1.29 is 9.53 Å². The monoisotopic (exact) mass is 417 g/mol. The molecule has 4 rings (SSSR count). The van der Waals surface area contributed by atoms with Gasteiger partial charge in [-0.15, -0.1) is 11.3 Å². The second-order valence-corrected chi connectivity index (χ2v) is 8.01. The van der Waals surface area contributed by atoms with E-state index in [-0.39, 0.29) is 5.97 Å². The van der Waals surface area contributed by atoms with Crippen LogP contribution in [0, 0.1) is 13.8 Å². The van der Waals surface area contributed by atoms with E-state index in [1.165, 1.54) is 29.6 Å². The summed E-state index contributed by atoms with van der Waals surface area (Å²) in [4.78, 5) is 25.0. The summed E-state index contributed by atoms with van der Waals surface area (Å²) in [5, 5.41) is 0.947. The van der Waals surface area contributed by atoms with Crippen molar-refractivity contribution in [2.75, 3.05) is 12.0 Å². The van der Waals surface area contributed by atoms with E-state index in [9.17, 15) is 4.79 Å². The number of hydrogen-bond donors (Lipinski definition) is 0. The van der Waals surface area contributed by atoms with Crippen LogP contribution >= 0.6 is 27.3 Å². The molecule has 0 saturated heterocycles. The molecule has 0 saturated carbocycles. The number of carbonyl (C=O) groups is 1. The van der Waals surface area contributed by atoms with Crippen molar-refractivity contribution in [3.63, 3.8) is 0 Å². The van der Waals surface area contributed by atoms with Crippen LogP contribution in [0.3, 0.4) is 0 Å². The maximum atomic E-state index is 12.1. The predicted molar refractivity (Wildman–Crippen MR) is 102 cm³/mol. The number of benzene rings is 1. The van der Waals surface area contributed by atoms with E-state index in [2.05, 4.69) is 44.0 Å². The van der Waals surface area contributed by atoms with E-state index >= 15 is 0 Å². The van der Waals surface area contributed by atoms with Crippen LogP contribution in [0.15, 0.2) is 22.7 Å². The third kappa shape index (κ3) is 2.71. The van der Waals surface area contributed by atoms with Crippen molar-refractivity contribution in [3.8, 4) is 0 Å². The lowest BCUT2D eigenvalue weighted by Gasteiger charge is -2.18. The van der Waals surface area contributed by atoms with Gasteiger partial charge in [0.15, 0.2) is 0 Å². The smallest absolute Gasteiger partial charge is 0.348 e. The average molecular weight is 418 g/mol. The Morgan fingerprint density at radius 3 is 2.76 bits per heavy atom. The van der Waals surface area contributed by atoms with Gasteiger partial charge < -0.3 is 9.64 Å². The van der Waals surface area contributed by atoms with E-state index in [0.717, 1.165) is 39.2 Å². The van der Waals surface area contributed by atoms with E-state index in [1.807, 2.05) is 13.8 Å². The molecule has 0 N–H and O–H groups in total. The van der Waals surface area contributed by atoms with Gasteiger partial charge in [-0.3, -0.25) is 0 Å². The number of nitrogens with zero attached hydrogens (tertiary/aromatic N) is 3. The number of esters is 1. The summed E-state index contributed by atoms with van der Waals surface area (Å²) in [5.41, 5.74) is 3.48. The van der Waals surface area contributed by atoms with Gasteiger partial charge in [0, 0.05) is 17.6 Å². The Kier molecular flexibility index (Phi) is 4.00. The molecule has 0 unspecified atom stereocenters. The van der Waals surface area contributed by atoms with Crippen LogP contribution in [0.1, 0.15) is 32.2 Å². The summed E-state index contributed by atoms with van der Waals surface area (Å²) >= 11 is 4.91. The predicted octanol–water partition coefficient (Wildman–Crippen LogP) is 4.38. The van der Waals surface area contributed by atoms with Gasteiger partial charge in [0.1, 0.15) is 21.3 Å². The van der Waals surface area contributed by atoms with Crippen LogP contribution in [0.2, 0.25) is 0 Å². The summed E-state index contributed by atoms with van der Waals surface area (Å²) in [6.07, 6.45) is 0. The first kappa shape index (κ1) is 16.5. The van der Waals surface area contributed by atoms with Crippen LogP contribution < -0.4 is 4.90 Å². The fraction of sp³-hybridized carbons (Fsp3) is 0.278. The van der Waals surface area contributed by atoms with Crippen LogP contribution in [0.4, 0.5) is 5.82 Å². The third-order valence-corrected chi connectivity index (χ3v) is 6.10. The van der Waals surface area contributed by atoms with Crippen molar-refractivity contribution >= 4 is 49.3 Å². The number of fused-ring (bicyclic) bond motifs is 2. The minimum absolute atomic E-state index is 0.322. The molecule has 0 fully saturated rings. The molecular weight excluding hydrogens is 402 g/mol. The van der Waals surface area contributed by atoms with Crippen LogP contribution in [-0.2, 0) is 17.8 Å². The van der Waals surface area contributed by atoms with E-state index in [4.69, 9.17) is 9.72 Å². The van der Waals surface area contributed by atoms with Gasteiger partial charge in [-0.25, -0.2) is 14.8 Å². The summed E-state index contributed by atoms with van der Waals surface area (Å²) in [6, 6.07) is 6.36. The summed E-state index contributed by atoms with van der Waals surface area (Å²) in [5.74, 6) is 1.27. The fourth-order valence-corrected chi connectivity index (χ4v) is 4.80. The maximum Gasteiger partial charge on any atom is 0.348 e. The van der Waals surface area contributed by atoms with Gasteiger partial charge in [-0.2, -0.15) is 0 Å². The number of methoxy groups -OCH3 is 1. The Morgan fingerprint density at radius 1 is 1.24 bits per heavy atom. The lowest BCUT2D eigenvalue weighted by atomic mass is 10.1. The number of carbonyl (C=O) groups excluding carboxylic acids is 1. The van der Waals surface area contributed by atoms with Crippen LogP contribution in [-0.4, -0.2) is 23.0 Å². The van der Waals surface area contributed by atoms with E-state index < -0.39 is 0 Å². The number of thiophene rings is 1. The number of aryl methyl sites for hydroxylation is 2. The number of halogens is 1. The summed E-state index contributed by atoms with van der Waals surface area (Å²) in [6.45, 7) is 5.42. The Bertz CT molecular complexity index is 1020. The number of anilines is 1. The highest BCUT2D eigenvalue weighted by Crippen LogP contribution is 2.38. The van der Waals surface area contributed by atoms with Crippen LogP contribution in [0.25, 0.3) is 10.2 Å². The van der Waals surface area contributed by atoms with Gasteiger partial charge in [-0.1, -0.05) is 22.0 Å². The zero-order chi connectivity index (χ0) is 17.7. The standard InChI is InChI=1S/C18H16BrN3O2S/c1-9-14-16(22-7-11-4-5-13(19)6-12(11)8-22)20-10(2)21-17(14)25-15(9)18(23)24-3/h4-6H,7-8H2,1-3H3. The quantitative estimate of drug-likeness (QED) is 0.579. The minimum Gasteiger partial charge on any atom is -0.465 e. The number of rotatable bonds is 2. The Labute approximate surface area is 157 Å². The average Bonchev–Trinajstić information content (AvgIpc) is 3.14. The molecule has 128 valence electrons. The van der Waals surface area contributed by atoms with Crippen molar-refractivity contribution in [3.05, 3.63) is 50.1 Å². The van der Waals surface area contributed by atoms with Crippen LogP contribution in [0.5, 0.6) is 0 Å². The third-order valence-electron chi connectivity index (χ3n) is 4.44. The molecule has 5 nitrogen and oxygen atoms in total. The molecule has 0 bridgehead atoms. The molecule has 7 heteroatoms. The molecule has 3 aromatic rings. The molecule has 0 spiro atoms. The molecule has 0 atom stereocenters. The topological polar surface area (TPSA) is 55.3 Å². The lowest BCUT2D eigenvalue weighted by molar-refractivity contribution is 0.0605. The minimum atomic E-state index is -0.322. The molecule has 0 aliphatic carbocycles. The molecular formula is C18H16BrN3O2S. The second-order valence-electron chi connectivity index (χ2n) is 6.09. The number of hydrogen-bond acceptors (Lipinski definition) is 6. The highest BCUT2D eigenvalue weighted by molar-refractivity contribution is 9.10. The molecule has 3 heterocycles. The normalized spacial score (nSPS) is 13.4. The number of aromatic nitrogens is 2. The van der Waals surface area contributed by atoms with E-state index in [1.54, 1.807) is 0 Å². The molecule has 1 aromatic carbocycles. The maximum absolute atomic E-state index is 12.1. The van der Waals surface area contributed by atoms with Gasteiger partial charge >= 0.3 is 5.97 Å². The van der Waals surface area contributed by atoms with Gasteiger partial charge in [0.05, 0.1) is 12.5 Å². The first-order valence-corrected chi connectivity index (χ1v) is 9.47. The fourth-order valence-electron chi connectivity index (χ4n) is 3.25. The second kappa shape index (κ2) is 6.07. The largest absolute Gasteiger partial charge is 0.465 e. The van der Waals surface area contributed by atoms with Gasteiger partial charge in [-0.05, 0) is 42.7 Å². The lowest BCUT2D eigenvalue weighted by Crippen LogP contribution is -2.17. The van der Waals surface area contributed by atoms with Crippen molar-refractivity contribution in [2.45, 2.75) is 26.9 Å². The van der Waals surface area contributed by atoms with Gasteiger partial charge in [0.2, 0.25) is 0 Å². The molecule has 1 aliphatic heterocycles. The zero-order valence-electron chi connectivity index (χ0n) is 14.1. The molecule has 25 heavy (non-hydrogen) atoms. The summed E-state index contributed by atoms with van der Waals surface area (Å²) in [7, 11) is 1.40. The molecule has 0 radical (unpaired) electrons. The highest BCUT2D eigenvalue weighted by Gasteiger charge is 2.26.